The van der Waals surface area contributed by atoms with Crippen molar-refractivity contribution in [2.24, 2.45) is 0 Å². The van der Waals surface area contributed by atoms with E-state index >= 15 is 0 Å². The summed E-state index contributed by atoms with van der Waals surface area (Å²) in [6.07, 6.45) is 3.21. The Kier molecular flexibility index (Phi) is 6.10. The molecule has 0 bridgehead atoms. The molecule has 0 aliphatic carbocycles. The molecule has 1 saturated heterocycles. The second-order valence-electron chi connectivity index (χ2n) is 7.35. The number of carbonyl (C=O) groups excluding carboxylic acids is 2. The molecule has 3 aromatic rings. The second kappa shape index (κ2) is 8.96. The topological polar surface area (TPSA) is 79.7 Å². The summed E-state index contributed by atoms with van der Waals surface area (Å²) in [6.45, 7) is 4.23. The number of ether oxygens (including phenoxy) is 1. The zero-order valence-corrected chi connectivity index (χ0v) is 19.2. The molecule has 1 amide bonds. The second-order valence-corrected chi connectivity index (χ2v) is 8.20. The number of Topliss-reactive ketones (excluding diaryl/α,β-unsaturated/α-hetero) is 1. The molecule has 32 heavy (non-hydrogen) atoms. The molecule has 2 heterocycles. The number of ketones is 1. The summed E-state index contributed by atoms with van der Waals surface area (Å²) in [7, 11) is 0. The quantitative estimate of drug-likeness (QED) is 0.301. The first kappa shape index (κ1) is 21.8. The molecule has 1 fully saturated rings. The number of aliphatic hydroxyl groups excluding tert-OH is 1. The number of halogens is 1. The van der Waals surface area contributed by atoms with Crippen LogP contribution in [0.5, 0.6) is 5.75 Å². The van der Waals surface area contributed by atoms with Gasteiger partial charge in [-0.3, -0.25) is 19.5 Å². The van der Waals surface area contributed by atoms with E-state index in [0.717, 1.165) is 10.0 Å². The van der Waals surface area contributed by atoms with Gasteiger partial charge in [-0.05, 0) is 55.3 Å². The number of aliphatic hydroxyl groups is 1. The van der Waals surface area contributed by atoms with Crippen molar-refractivity contribution in [2.45, 2.75) is 19.9 Å². The van der Waals surface area contributed by atoms with Crippen LogP contribution in [0.25, 0.3) is 5.76 Å². The van der Waals surface area contributed by atoms with Crippen LogP contribution in [0.4, 0.5) is 5.69 Å². The van der Waals surface area contributed by atoms with Crippen LogP contribution in [-0.2, 0) is 9.59 Å². The standard InChI is InChI=1S/C25H21BrN2O4/c1-3-32-19-8-4-7-18(13-19)28-22(17-6-5-11-27-14-17)21(24(30)25(28)31)23(29)16-9-10-20(26)15(2)12-16/h4-14,22,29H,3H2,1-2H3/b23-21+. The van der Waals surface area contributed by atoms with Crippen molar-refractivity contribution >= 4 is 39.1 Å². The Morgan fingerprint density at radius 3 is 2.66 bits per heavy atom. The molecule has 4 rings (SSSR count). The van der Waals surface area contributed by atoms with Gasteiger partial charge in [-0.1, -0.05) is 34.1 Å². The largest absolute Gasteiger partial charge is 0.507 e. The molecule has 1 aliphatic rings. The highest BCUT2D eigenvalue weighted by atomic mass is 79.9. The van der Waals surface area contributed by atoms with Gasteiger partial charge < -0.3 is 9.84 Å². The number of amides is 1. The van der Waals surface area contributed by atoms with E-state index in [-0.39, 0.29) is 11.3 Å². The van der Waals surface area contributed by atoms with Gasteiger partial charge in [0.25, 0.3) is 11.7 Å². The average Bonchev–Trinajstić information content (AvgIpc) is 3.07. The third kappa shape index (κ3) is 3.91. The minimum absolute atomic E-state index is 0.0199. The molecule has 0 radical (unpaired) electrons. The Morgan fingerprint density at radius 1 is 1.16 bits per heavy atom. The third-order valence-corrected chi connectivity index (χ3v) is 6.17. The van der Waals surface area contributed by atoms with E-state index in [1.807, 2.05) is 13.8 Å². The third-order valence-electron chi connectivity index (χ3n) is 5.28. The highest BCUT2D eigenvalue weighted by molar-refractivity contribution is 9.10. The van der Waals surface area contributed by atoms with Crippen LogP contribution in [0.2, 0.25) is 0 Å². The number of hydrogen-bond donors (Lipinski definition) is 1. The molecule has 2 aromatic carbocycles. The van der Waals surface area contributed by atoms with Gasteiger partial charge in [-0.2, -0.15) is 0 Å². The monoisotopic (exact) mass is 492 g/mol. The van der Waals surface area contributed by atoms with Gasteiger partial charge in [0.2, 0.25) is 0 Å². The fourth-order valence-electron chi connectivity index (χ4n) is 3.79. The zero-order valence-electron chi connectivity index (χ0n) is 17.6. The van der Waals surface area contributed by atoms with E-state index in [4.69, 9.17) is 4.74 Å². The van der Waals surface area contributed by atoms with E-state index < -0.39 is 17.7 Å². The smallest absolute Gasteiger partial charge is 0.300 e. The predicted molar refractivity (Wildman–Crippen MR) is 126 cm³/mol. The summed E-state index contributed by atoms with van der Waals surface area (Å²) in [5, 5.41) is 11.2. The Hall–Kier alpha value is -3.45. The minimum Gasteiger partial charge on any atom is -0.507 e. The predicted octanol–water partition coefficient (Wildman–Crippen LogP) is 5.18. The van der Waals surface area contributed by atoms with E-state index in [2.05, 4.69) is 20.9 Å². The molecular formula is C25H21BrN2O4. The van der Waals surface area contributed by atoms with Crippen molar-refractivity contribution in [2.75, 3.05) is 11.5 Å². The summed E-state index contributed by atoms with van der Waals surface area (Å²) < 4.78 is 6.46. The fraction of sp³-hybridized carbons (Fsp3) is 0.160. The van der Waals surface area contributed by atoms with Gasteiger partial charge in [0.15, 0.2) is 0 Å². The number of aryl methyl sites for hydroxylation is 1. The van der Waals surface area contributed by atoms with Crippen LogP contribution in [0.3, 0.4) is 0 Å². The number of hydrogen-bond acceptors (Lipinski definition) is 5. The van der Waals surface area contributed by atoms with Gasteiger partial charge in [0.05, 0.1) is 18.2 Å². The van der Waals surface area contributed by atoms with Gasteiger partial charge in [0.1, 0.15) is 11.5 Å². The van der Waals surface area contributed by atoms with Crippen LogP contribution in [-0.4, -0.2) is 28.4 Å². The van der Waals surface area contributed by atoms with E-state index in [1.54, 1.807) is 67.0 Å². The first-order valence-electron chi connectivity index (χ1n) is 10.1. The molecule has 1 N–H and O–H groups in total. The normalized spacial score (nSPS) is 17.6. The summed E-state index contributed by atoms with van der Waals surface area (Å²) in [4.78, 5) is 31.9. The van der Waals surface area contributed by atoms with Crippen molar-refractivity contribution in [3.63, 3.8) is 0 Å². The van der Waals surface area contributed by atoms with E-state index in [1.165, 1.54) is 4.90 Å². The molecular weight excluding hydrogens is 472 g/mol. The maximum Gasteiger partial charge on any atom is 0.300 e. The molecule has 1 unspecified atom stereocenters. The lowest BCUT2D eigenvalue weighted by atomic mass is 9.95. The zero-order chi connectivity index (χ0) is 22.8. The number of nitrogens with zero attached hydrogens (tertiary/aromatic N) is 2. The lowest BCUT2D eigenvalue weighted by Crippen LogP contribution is -2.29. The minimum atomic E-state index is -0.829. The first-order valence-corrected chi connectivity index (χ1v) is 10.9. The van der Waals surface area contributed by atoms with Crippen molar-refractivity contribution in [1.29, 1.82) is 0 Å². The van der Waals surface area contributed by atoms with Crippen molar-refractivity contribution < 1.29 is 19.4 Å². The lowest BCUT2D eigenvalue weighted by molar-refractivity contribution is -0.132. The lowest BCUT2D eigenvalue weighted by Gasteiger charge is -2.25. The molecule has 1 aliphatic heterocycles. The number of anilines is 1. The van der Waals surface area contributed by atoms with Crippen LogP contribution >= 0.6 is 15.9 Å². The average molecular weight is 493 g/mol. The van der Waals surface area contributed by atoms with Gasteiger partial charge in [-0.15, -0.1) is 0 Å². The van der Waals surface area contributed by atoms with Crippen molar-refractivity contribution in [3.05, 3.63) is 93.7 Å². The van der Waals surface area contributed by atoms with Crippen molar-refractivity contribution in [3.8, 4) is 5.75 Å². The van der Waals surface area contributed by atoms with Crippen LogP contribution in [0.1, 0.15) is 29.7 Å². The number of aromatic nitrogens is 1. The van der Waals surface area contributed by atoms with Gasteiger partial charge >= 0.3 is 0 Å². The Balaban J connectivity index is 1.92. The maximum atomic E-state index is 13.2. The number of rotatable bonds is 5. The molecule has 0 spiro atoms. The molecule has 6 nitrogen and oxygen atoms in total. The van der Waals surface area contributed by atoms with Crippen LogP contribution < -0.4 is 9.64 Å². The van der Waals surface area contributed by atoms with Crippen LogP contribution in [0, 0.1) is 6.92 Å². The molecule has 7 heteroatoms. The van der Waals surface area contributed by atoms with Gasteiger partial charge in [-0.25, -0.2) is 0 Å². The number of carbonyl (C=O) groups is 2. The van der Waals surface area contributed by atoms with E-state index in [0.29, 0.717) is 29.2 Å². The molecule has 162 valence electrons. The summed E-state index contributed by atoms with van der Waals surface area (Å²) in [5.41, 5.74) is 2.49. The van der Waals surface area contributed by atoms with Crippen LogP contribution in [0.15, 0.2) is 77.0 Å². The molecule has 0 saturated carbocycles. The van der Waals surface area contributed by atoms with Gasteiger partial charge in [0, 0.05) is 34.2 Å². The number of benzene rings is 2. The Labute approximate surface area is 194 Å². The highest BCUT2D eigenvalue weighted by Gasteiger charge is 2.47. The highest BCUT2D eigenvalue weighted by Crippen LogP contribution is 2.42. The summed E-state index contributed by atoms with van der Waals surface area (Å²) in [6, 6.07) is 14.9. The molecule has 1 atom stereocenters. The number of pyridine rings is 1. The Bertz CT molecular complexity index is 1220. The fourth-order valence-corrected chi connectivity index (χ4v) is 4.04. The maximum absolute atomic E-state index is 13.2. The Morgan fingerprint density at radius 2 is 1.97 bits per heavy atom. The summed E-state index contributed by atoms with van der Waals surface area (Å²) in [5.74, 6) is -1.11. The first-order chi connectivity index (χ1) is 15.4. The van der Waals surface area contributed by atoms with Crippen molar-refractivity contribution in [1.82, 2.24) is 4.98 Å². The van der Waals surface area contributed by atoms with E-state index in [9.17, 15) is 14.7 Å². The molecule has 1 aromatic heterocycles. The SMILES string of the molecule is CCOc1cccc(N2C(=O)C(=O)/C(=C(/O)c3ccc(Br)c(C)c3)C2c2cccnc2)c1. The summed E-state index contributed by atoms with van der Waals surface area (Å²) >= 11 is 3.44.